The van der Waals surface area contributed by atoms with Crippen LogP contribution in [-0.2, 0) is 13.0 Å². The molecule has 0 fully saturated rings. The highest BCUT2D eigenvalue weighted by atomic mass is 15.1. The Kier molecular flexibility index (Phi) is 2.58. The van der Waals surface area contributed by atoms with Crippen LogP contribution in [0.15, 0.2) is 12.3 Å². The Morgan fingerprint density at radius 1 is 1.40 bits per heavy atom. The SMILES string of the molecule is CCCn1c(CC)nc2cc(N)cnc21. The van der Waals surface area contributed by atoms with E-state index in [-0.39, 0.29) is 0 Å². The van der Waals surface area contributed by atoms with Crippen LogP contribution in [0, 0.1) is 0 Å². The number of hydrogen-bond donors (Lipinski definition) is 1. The molecular formula is C11H16N4. The summed E-state index contributed by atoms with van der Waals surface area (Å²) in [4.78, 5) is 8.87. The smallest absolute Gasteiger partial charge is 0.160 e. The van der Waals surface area contributed by atoms with Crippen LogP contribution in [-0.4, -0.2) is 14.5 Å². The number of anilines is 1. The summed E-state index contributed by atoms with van der Waals surface area (Å²) in [5, 5.41) is 0. The summed E-state index contributed by atoms with van der Waals surface area (Å²) in [5.41, 5.74) is 8.21. The van der Waals surface area contributed by atoms with Crippen molar-refractivity contribution < 1.29 is 0 Å². The highest BCUT2D eigenvalue weighted by molar-refractivity contribution is 5.74. The summed E-state index contributed by atoms with van der Waals surface area (Å²) in [7, 11) is 0. The molecule has 2 heterocycles. The molecule has 80 valence electrons. The minimum atomic E-state index is 0.673. The lowest BCUT2D eigenvalue weighted by Gasteiger charge is -2.04. The number of pyridine rings is 1. The topological polar surface area (TPSA) is 56.7 Å². The van der Waals surface area contributed by atoms with E-state index in [1.54, 1.807) is 6.20 Å². The van der Waals surface area contributed by atoms with Crippen LogP contribution in [0.3, 0.4) is 0 Å². The van der Waals surface area contributed by atoms with Crippen molar-refractivity contribution in [1.82, 2.24) is 14.5 Å². The van der Waals surface area contributed by atoms with Gasteiger partial charge in [0.2, 0.25) is 0 Å². The van der Waals surface area contributed by atoms with E-state index in [9.17, 15) is 0 Å². The Morgan fingerprint density at radius 3 is 2.87 bits per heavy atom. The van der Waals surface area contributed by atoms with E-state index < -0.39 is 0 Å². The van der Waals surface area contributed by atoms with Gasteiger partial charge in [-0.1, -0.05) is 13.8 Å². The number of aromatic nitrogens is 3. The third-order valence-electron chi connectivity index (χ3n) is 2.45. The fourth-order valence-corrected chi connectivity index (χ4v) is 1.80. The lowest BCUT2D eigenvalue weighted by atomic mass is 10.4. The molecule has 0 bridgehead atoms. The van der Waals surface area contributed by atoms with Gasteiger partial charge in [-0.2, -0.15) is 0 Å². The minimum Gasteiger partial charge on any atom is -0.397 e. The molecule has 0 radical (unpaired) electrons. The number of nitrogen functional groups attached to an aromatic ring is 1. The van der Waals surface area contributed by atoms with Gasteiger partial charge in [0.25, 0.3) is 0 Å². The lowest BCUT2D eigenvalue weighted by molar-refractivity contribution is 0.655. The third-order valence-corrected chi connectivity index (χ3v) is 2.45. The summed E-state index contributed by atoms with van der Waals surface area (Å²) in [6.07, 6.45) is 3.70. The number of rotatable bonds is 3. The molecule has 2 rings (SSSR count). The van der Waals surface area contributed by atoms with Crippen molar-refractivity contribution in [3.63, 3.8) is 0 Å². The molecule has 0 aliphatic rings. The third kappa shape index (κ3) is 1.67. The maximum Gasteiger partial charge on any atom is 0.160 e. The van der Waals surface area contributed by atoms with Crippen molar-refractivity contribution >= 4 is 16.9 Å². The van der Waals surface area contributed by atoms with Crippen molar-refractivity contribution in [1.29, 1.82) is 0 Å². The first-order valence-corrected chi connectivity index (χ1v) is 5.36. The molecule has 15 heavy (non-hydrogen) atoms. The quantitative estimate of drug-likeness (QED) is 0.831. The van der Waals surface area contributed by atoms with Gasteiger partial charge in [0.05, 0.1) is 11.9 Å². The van der Waals surface area contributed by atoms with Crippen LogP contribution in [0.2, 0.25) is 0 Å². The van der Waals surface area contributed by atoms with Crippen LogP contribution in [0.25, 0.3) is 11.2 Å². The molecule has 0 aliphatic carbocycles. The first-order chi connectivity index (χ1) is 7.26. The number of hydrogen-bond acceptors (Lipinski definition) is 3. The molecule has 2 aromatic rings. The maximum absolute atomic E-state index is 5.69. The van der Waals surface area contributed by atoms with E-state index in [0.717, 1.165) is 36.4 Å². The lowest BCUT2D eigenvalue weighted by Crippen LogP contribution is -2.03. The molecule has 0 aliphatic heterocycles. The number of nitrogens with two attached hydrogens (primary N) is 1. The highest BCUT2D eigenvalue weighted by Crippen LogP contribution is 2.17. The summed E-state index contributed by atoms with van der Waals surface area (Å²) >= 11 is 0. The average molecular weight is 204 g/mol. The molecule has 0 atom stereocenters. The Labute approximate surface area is 89.1 Å². The zero-order valence-corrected chi connectivity index (χ0v) is 9.20. The van der Waals surface area contributed by atoms with Gasteiger partial charge in [0.1, 0.15) is 11.3 Å². The monoisotopic (exact) mass is 204 g/mol. The molecule has 4 heteroatoms. The van der Waals surface area contributed by atoms with Crippen LogP contribution < -0.4 is 5.73 Å². The summed E-state index contributed by atoms with van der Waals surface area (Å²) in [6, 6.07) is 1.88. The van der Waals surface area contributed by atoms with Gasteiger partial charge in [-0.15, -0.1) is 0 Å². The molecular weight excluding hydrogens is 188 g/mol. The molecule has 0 saturated heterocycles. The molecule has 2 N–H and O–H groups in total. The second-order valence-corrected chi connectivity index (χ2v) is 3.64. The number of aryl methyl sites for hydroxylation is 2. The van der Waals surface area contributed by atoms with E-state index in [2.05, 4.69) is 28.4 Å². The van der Waals surface area contributed by atoms with Crippen molar-refractivity contribution in [3.8, 4) is 0 Å². The van der Waals surface area contributed by atoms with Gasteiger partial charge in [-0.3, -0.25) is 0 Å². The Bertz CT molecular complexity index is 473. The van der Waals surface area contributed by atoms with E-state index in [0.29, 0.717) is 5.69 Å². The van der Waals surface area contributed by atoms with Gasteiger partial charge in [0, 0.05) is 13.0 Å². The summed E-state index contributed by atoms with van der Waals surface area (Å²) < 4.78 is 2.18. The van der Waals surface area contributed by atoms with Crippen LogP contribution in [0.1, 0.15) is 26.1 Å². The van der Waals surface area contributed by atoms with Gasteiger partial charge < -0.3 is 10.3 Å². The predicted octanol–water partition coefficient (Wildman–Crippen LogP) is 1.99. The zero-order valence-electron chi connectivity index (χ0n) is 9.20. The molecule has 0 unspecified atom stereocenters. The number of fused-ring (bicyclic) bond motifs is 1. The zero-order chi connectivity index (χ0) is 10.8. The fourth-order valence-electron chi connectivity index (χ4n) is 1.80. The van der Waals surface area contributed by atoms with E-state index in [1.807, 2.05) is 6.07 Å². The van der Waals surface area contributed by atoms with Crippen molar-refractivity contribution in [3.05, 3.63) is 18.1 Å². The molecule has 4 nitrogen and oxygen atoms in total. The predicted molar refractivity (Wildman–Crippen MR) is 61.6 cm³/mol. The number of nitrogens with zero attached hydrogens (tertiary/aromatic N) is 3. The van der Waals surface area contributed by atoms with Crippen molar-refractivity contribution in [2.45, 2.75) is 33.2 Å². The summed E-state index contributed by atoms with van der Waals surface area (Å²) in [6.45, 7) is 5.23. The Hall–Kier alpha value is -1.58. The minimum absolute atomic E-state index is 0.673. The van der Waals surface area contributed by atoms with Gasteiger partial charge in [0.15, 0.2) is 5.65 Å². The van der Waals surface area contributed by atoms with Crippen molar-refractivity contribution in [2.75, 3.05) is 5.73 Å². The largest absolute Gasteiger partial charge is 0.397 e. The average Bonchev–Trinajstić information content (AvgIpc) is 2.56. The van der Waals surface area contributed by atoms with Gasteiger partial charge in [-0.05, 0) is 12.5 Å². The van der Waals surface area contributed by atoms with Crippen LogP contribution in [0.4, 0.5) is 5.69 Å². The van der Waals surface area contributed by atoms with Gasteiger partial charge >= 0.3 is 0 Å². The normalized spacial score (nSPS) is 11.1. The van der Waals surface area contributed by atoms with Crippen LogP contribution in [0.5, 0.6) is 0 Å². The molecule has 0 aromatic carbocycles. The standard InChI is InChI=1S/C11H16N4/c1-3-5-15-10(4-2)14-9-6-8(12)7-13-11(9)15/h6-7H,3-5,12H2,1-2H3. The second kappa shape index (κ2) is 3.88. The molecule has 2 aromatic heterocycles. The first-order valence-electron chi connectivity index (χ1n) is 5.36. The molecule has 0 saturated carbocycles. The number of imidazole rings is 1. The molecule has 0 spiro atoms. The Morgan fingerprint density at radius 2 is 2.20 bits per heavy atom. The fraction of sp³-hybridized carbons (Fsp3) is 0.455. The van der Waals surface area contributed by atoms with Crippen LogP contribution >= 0.6 is 0 Å². The first kappa shape index (κ1) is 9.96. The highest BCUT2D eigenvalue weighted by Gasteiger charge is 2.09. The van der Waals surface area contributed by atoms with E-state index in [4.69, 9.17) is 5.73 Å². The summed E-state index contributed by atoms with van der Waals surface area (Å²) in [5.74, 6) is 1.09. The molecule has 0 amide bonds. The Balaban J connectivity index is 2.63. The van der Waals surface area contributed by atoms with E-state index in [1.165, 1.54) is 0 Å². The van der Waals surface area contributed by atoms with E-state index >= 15 is 0 Å². The van der Waals surface area contributed by atoms with Gasteiger partial charge in [-0.25, -0.2) is 9.97 Å². The van der Waals surface area contributed by atoms with Crippen molar-refractivity contribution in [2.24, 2.45) is 0 Å². The second-order valence-electron chi connectivity index (χ2n) is 3.64. The maximum atomic E-state index is 5.69.